The molecule has 1 aliphatic rings. The van der Waals surface area contributed by atoms with Crippen LogP contribution in [0.1, 0.15) is 25.1 Å². The second-order valence-electron chi connectivity index (χ2n) is 8.27. The summed E-state index contributed by atoms with van der Waals surface area (Å²) in [6, 6.07) is 16.1. The normalized spacial score (nSPS) is 14.5. The highest BCUT2D eigenvalue weighted by atomic mass is 16.5. The fraction of sp³-hybridized carbons (Fsp3) is 0.240. The fourth-order valence-electron chi connectivity index (χ4n) is 3.74. The molecule has 0 amide bonds. The van der Waals surface area contributed by atoms with Gasteiger partial charge in [-0.2, -0.15) is 10.2 Å². The van der Waals surface area contributed by atoms with Gasteiger partial charge in [-0.05, 0) is 67.3 Å². The smallest absolute Gasteiger partial charge is 0.211 e. The largest absolute Gasteiger partial charge is 0.399 e. The van der Waals surface area contributed by atoms with Gasteiger partial charge in [0.1, 0.15) is 0 Å². The van der Waals surface area contributed by atoms with Crippen molar-refractivity contribution in [2.24, 2.45) is 10.2 Å². The maximum atomic E-state index is 7.78. The molecule has 0 aliphatic carbocycles. The van der Waals surface area contributed by atoms with Crippen molar-refractivity contribution in [3.05, 3.63) is 83.8 Å². The highest BCUT2D eigenvalue weighted by Crippen LogP contribution is 2.28. The van der Waals surface area contributed by atoms with Gasteiger partial charge in [0.25, 0.3) is 0 Å². The first-order valence-corrected chi connectivity index (χ1v) is 10.7. The second kappa shape index (κ2) is 8.43. The molecule has 1 aliphatic heterocycles. The summed E-state index contributed by atoms with van der Waals surface area (Å²) in [7, 11) is 0. The SMILES string of the molecule is [3H]c1ccc2c(CCc3cc(Nc4ccnc(COCC5(C)N=N5)c4)ccc3N)c[nH]c2c1. The number of aryl methyl sites for hydroxylation is 2. The average Bonchev–Trinajstić information content (AvgIpc) is 3.40. The molecule has 162 valence electrons. The van der Waals surface area contributed by atoms with Crippen LogP contribution in [-0.2, 0) is 24.2 Å². The van der Waals surface area contributed by atoms with Crippen molar-refractivity contribution in [1.29, 1.82) is 0 Å². The number of pyridine rings is 1. The molecule has 3 heterocycles. The van der Waals surface area contributed by atoms with E-state index in [0.717, 1.165) is 52.1 Å². The van der Waals surface area contributed by atoms with Crippen molar-refractivity contribution in [1.82, 2.24) is 9.97 Å². The van der Waals surface area contributed by atoms with E-state index >= 15 is 0 Å². The Bertz CT molecular complexity index is 1330. The third-order valence-corrected chi connectivity index (χ3v) is 5.59. The molecule has 0 bridgehead atoms. The summed E-state index contributed by atoms with van der Waals surface area (Å²) in [5.41, 5.74) is 12.7. The second-order valence-corrected chi connectivity index (χ2v) is 8.27. The summed E-state index contributed by atoms with van der Waals surface area (Å²) >= 11 is 0. The van der Waals surface area contributed by atoms with Crippen molar-refractivity contribution in [3.8, 4) is 0 Å². The summed E-state index contributed by atoms with van der Waals surface area (Å²) in [5.74, 6) is 0. The molecule has 0 atom stereocenters. The number of nitrogens with one attached hydrogen (secondary N) is 2. The van der Waals surface area contributed by atoms with Crippen molar-refractivity contribution in [3.63, 3.8) is 0 Å². The third kappa shape index (κ3) is 4.63. The number of hydrogen-bond acceptors (Lipinski definition) is 6. The van der Waals surface area contributed by atoms with Crippen LogP contribution in [0.15, 0.2) is 77.2 Å². The van der Waals surface area contributed by atoms with E-state index in [0.29, 0.717) is 19.3 Å². The maximum absolute atomic E-state index is 7.78. The number of aromatic nitrogens is 2. The topological polar surface area (TPSA) is 101 Å². The van der Waals surface area contributed by atoms with Crippen LogP contribution < -0.4 is 11.1 Å². The summed E-state index contributed by atoms with van der Waals surface area (Å²) in [5, 5.41) is 12.5. The van der Waals surface area contributed by atoms with E-state index < -0.39 is 0 Å². The summed E-state index contributed by atoms with van der Waals surface area (Å²) < 4.78 is 13.5. The first-order valence-electron chi connectivity index (χ1n) is 11.2. The number of nitrogens with zero attached hydrogens (tertiary/aromatic N) is 3. The van der Waals surface area contributed by atoms with Crippen LogP contribution in [0.25, 0.3) is 10.9 Å². The number of rotatable bonds is 9. The number of nitrogen functional groups attached to an aromatic ring is 1. The number of ether oxygens (including phenoxy) is 1. The fourth-order valence-corrected chi connectivity index (χ4v) is 3.74. The lowest BCUT2D eigenvalue weighted by atomic mass is 10.0. The summed E-state index contributed by atoms with van der Waals surface area (Å²) in [6.45, 7) is 2.81. The van der Waals surface area contributed by atoms with Crippen LogP contribution in [0.4, 0.5) is 17.1 Å². The molecular formula is C25H26N6O. The standard InChI is InChI=1S/C25H26N6O/c1-25(30-31-25)16-32-15-21-13-20(10-11-27-21)29-19-8-9-23(26)17(12-19)6-7-18-14-28-24-5-3-2-4-22(18)24/h2-5,8-14,28H,6-7,15-16,26H2,1H3,(H,27,29)/i3T. The molecule has 7 heteroatoms. The highest BCUT2D eigenvalue weighted by molar-refractivity contribution is 5.83. The van der Waals surface area contributed by atoms with Crippen LogP contribution in [-0.4, -0.2) is 22.2 Å². The Balaban J connectivity index is 1.24. The lowest BCUT2D eigenvalue weighted by molar-refractivity contribution is 0.0983. The summed E-state index contributed by atoms with van der Waals surface area (Å²) in [6.07, 6.45) is 5.47. The minimum Gasteiger partial charge on any atom is -0.399 e. The predicted molar refractivity (Wildman–Crippen MR) is 127 cm³/mol. The first-order chi connectivity index (χ1) is 16.0. The number of fused-ring (bicyclic) bond motifs is 1. The van der Waals surface area contributed by atoms with Gasteiger partial charge in [-0.15, -0.1) is 0 Å². The first kappa shape index (κ1) is 19.0. The van der Waals surface area contributed by atoms with Crippen LogP contribution >= 0.6 is 0 Å². The Labute approximate surface area is 188 Å². The van der Waals surface area contributed by atoms with Crippen LogP contribution in [0, 0.1) is 0 Å². The molecule has 32 heavy (non-hydrogen) atoms. The van der Waals surface area contributed by atoms with E-state index in [2.05, 4.69) is 31.6 Å². The Morgan fingerprint density at radius 3 is 2.81 bits per heavy atom. The lowest BCUT2D eigenvalue weighted by Gasteiger charge is -2.12. The molecule has 0 fully saturated rings. The van der Waals surface area contributed by atoms with Gasteiger partial charge in [0.05, 0.1) is 20.3 Å². The third-order valence-electron chi connectivity index (χ3n) is 5.59. The van der Waals surface area contributed by atoms with Gasteiger partial charge in [-0.1, -0.05) is 18.2 Å². The van der Waals surface area contributed by atoms with Gasteiger partial charge in [0.2, 0.25) is 5.66 Å². The number of benzene rings is 2. The lowest BCUT2D eigenvalue weighted by Crippen LogP contribution is -2.14. The van der Waals surface area contributed by atoms with E-state index in [1.807, 2.05) is 55.6 Å². The highest BCUT2D eigenvalue weighted by Gasteiger charge is 2.33. The number of hydrogen-bond donors (Lipinski definition) is 3. The van der Waals surface area contributed by atoms with Gasteiger partial charge in [-0.25, -0.2) is 0 Å². The molecule has 2 aromatic carbocycles. The van der Waals surface area contributed by atoms with Crippen LogP contribution in [0.2, 0.25) is 0 Å². The maximum Gasteiger partial charge on any atom is 0.211 e. The zero-order valence-corrected chi connectivity index (χ0v) is 17.9. The van der Waals surface area contributed by atoms with E-state index in [-0.39, 0.29) is 5.66 Å². The molecule has 0 saturated heterocycles. The van der Waals surface area contributed by atoms with Crippen molar-refractivity contribution < 1.29 is 6.11 Å². The van der Waals surface area contributed by atoms with Gasteiger partial charge >= 0.3 is 0 Å². The Morgan fingerprint density at radius 1 is 1.09 bits per heavy atom. The van der Waals surface area contributed by atoms with Crippen molar-refractivity contribution in [2.75, 3.05) is 17.7 Å². The van der Waals surface area contributed by atoms with E-state index in [4.69, 9.17) is 11.8 Å². The molecule has 0 unspecified atom stereocenters. The minimum atomic E-state index is -0.368. The Morgan fingerprint density at radius 2 is 1.94 bits per heavy atom. The molecular weight excluding hydrogens is 400 g/mol. The van der Waals surface area contributed by atoms with Gasteiger partial charge in [0.15, 0.2) is 0 Å². The zero-order valence-electron chi connectivity index (χ0n) is 18.9. The number of H-pyrrole nitrogens is 1. The van der Waals surface area contributed by atoms with Crippen LogP contribution in [0.3, 0.4) is 0 Å². The number of para-hydroxylation sites is 1. The molecule has 0 radical (unpaired) electrons. The van der Waals surface area contributed by atoms with Gasteiger partial charge in [-0.3, -0.25) is 4.98 Å². The average molecular weight is 429 g/mol. The van der Waals surface area contributed by atoms with E-state index in [1.165, 1.54) is 5.56 Å². The molecule has 2 aromatic heterocycles. The quantitative estimate of drug-likeness (QED) is 0.312. The molecule has 4 aromatic rings. The zero-order chi connectivity index (χ0) is 22.8. The van der Waals surface area contributed by atoms with E-state index in [9.17, 15) is 0 Å². The Hall–Kier alpha value is -3.71. The van der Waals surface area contributed by atoms with Gasteiger partial charge in [0, 0.05) is 40.4 Å². The molecule has 5 rings (SSSR count). The molecule has 7 nitrogen and oxygen atoms in total. The molecule has 4 N–H and O–H groups in total. The Kier molecular flexibility index (Phi) is 5.01. The minimum absolute atomic E-state index is 0.368. The van der Waals surface area contributed by atoms with Crippen LogP contribution in [0.5, 0.6) is 0 Å². The van der Waals surface area contributed by atoms with Crippen molar-refractivity contribution in [2.45, 2.75) is 32.0 Å². The number of anilines is 3. The van der Waals surface area contributed by atoms with Gasteiger partial charge < -0.3 is 20.8 Å². The number of aromatic amines is 1. The van der Waals surface area contributed by atoms with Crippen molar-refractivity contribution >= 4 is 28.0 Å². The molecule has 0 spiro atoms. The van der Waals surface area contributed by atoms with E-state index in [1.54, 1.807) is 6.20 Å². The summed E-state index contributed by atoms with van der Waals surface area (Å²) in [4.78, 5) is 7.65. The molecule has 0 saturated carbocycles. The monoisotopic (exact) mass is 428 g/mol. The predicted octanol–water partition coefficient (Wildman–Crippen LogP) is 5.37. The number of nitrogens with two attached hydrogens (primary N) is 1.